The first-order valence-electron chi connectivity index (χ1n) is 7.36. The van der Waals surface area contributed by atoms with E-state index in [1.807, 2.05) is 0 Å². The largest absolute Gasteiger partial charge is 0.379 e. The van der Waals surface area contributed by atoms with Gasteiger partial charge in [0, 0.05) is 5.92 Å². The van der Waals surface area contributed by atoms with E-state index < -0.39 is 0 Å². The lowest BCUT2D eigenvalue weighted by Crippen LogP contribution is -2.17. The molecule has 0 N–H and O–H groups in total. The van der Waals surface area contributed by atoms with Crippen molar-refractivity contribution in [1.82, 2.24) is 0 Å². The van der Waals surface area contributed by atoms with Crippen molar-refractivity contribution in [2.45, 2.75) is 6.92 Å². The van der Waals surface area contributed by atoms with Gasteiger partial charge in [0.2, 0.25) is 0 Å². The topological polar surface area (TPSA) is 55.4 Å². The number of hydrogen-bond acceptors (Lipinski definition) is 6. The summed E-state index contributed by atoms with van der Waals surface area (Å²) < 4.78 is 32.5. The van der Waals surface area contributed by atoms with Crippen molar-refractivity contribution in [1.29, 1.82) is 0 Å². The normalized spacial score (nSPS) is 24.4. The predicted octanol–water partition coefficient (Wildman–Crippen LogP) is 0.736. The highest BCUT2D eigenvalue weighted by molar-refractivity contribution is 4.49. The van der Waals surface area contributed by atoms with E-state index in [2.05, 4.69) is 6.92 Å². The molecule has 1 aliphatic rings. The van der Waals surface area contributed by atoms with E-state index in [9.17, 15) is 0 Å². The third-order valence-electron chi connectivity index (χ3n) is 2.66. The first-order valence-corrected chi connectivity index (χ1v) is 7.36. The zero-order chi connectivity index (χ0) is 14.3. The van der Waals surface area contributed by atoms with E-state index >= 15 is 0 Å². The second-order valence-electron chi connectivity index (χ2n) is 4.70. The van der Waals surface area contributed by atoms with Crippen LogP contribution in [0.5, 0.6) is 0 Å². The SMILES string of the molecule is CC1COCCOCCOCCOCCOCCOC1. The van der Waals surface area contributed by atoms with Crippen molar-refractivity contribution in [2.24, 2.45) is 5.92 Å². The predicted molar refractivity (Wildman–Crippen MR) is 74.1 cm³/mol. The molecule has 20 heavy (non-hydrogen) atoms. The zero-order valence-electron chi connectivity index (χ0n) is 12.5. The minimum Gasteiger partial charge on any atom is -0.379 e. The Kier molecular flexibility index (Phi) is 12.2. The van der Waals surface area contributed by atoms with E-state index in [4.69, 9.17) is 28.4 Å². The zero-order valence-corrected chi connectivity index (χ0v) is 12.5. The maximum Gasteiger partial charge on any atom is 0.0701 e. The minimum absolute atomic E-state index is 0.378. The molecule has 0 aromatic heterocycles. The van der Waals surface area contributed by atoms with Crippen molar-refractivity contribution < 1.29 is 28.4 Å². The summed E-state index contributed by atoms with van der Waals surface area (Å²) >= 11 is 0. The Hall–Kier alpha value is -0.240. The van der Waals surface area contributed by atoms with Crippen molar-refractivity contribution in [2.75, 3.05) is 79.3 Å². The standard InChI is InChI=1S/C14H28O6/c1-14-12-19-10-8-17-6-4-15-2-3-16-5-7-18-9-11-20-13-14/h14H,2-13H2,1H3. The van der Waals surface area contributed by atoms with Gasteiger partial charge in [0.1, 0.15) is 0 Å². The lowest BCUT2D eigenvalue weighted by Gasteiger charge is -2.12. The molecule has 6 nitrogen and oxygen atoms in total. The van der Waals surface area contributed by atoms with Gasteiger partial charge in [-0.3, -0.25) is 0 Å². The highest BCUT2D eigenvalue weighted by Gasteiger charge is 2.03. The van der Waals surface area contributed by atoms with Crippen molar-refractivity contribution in [3.8, 4) is 0 Å². The van der Waals surface area contributed by atoms with Crippen LogP contribution in [0.15, 0.2) is 0 Å². The molecule has 0 aromatic rings. The molecule has 0 amide bonds. The summed E-state index contributed by atoms with van der Waals surface area (Å²) in [4.78, 5) is 0. The van der Waals surface area contributed by atoms with Crippen LogP contribution in [-0.2, 0) is 28.4 Å². The molecular weight excluding hydrogens is 264 g/mol. The second-order valence-corrected chi connectivity index (χ2v) is 4.70. The van der Waals surface area contributed by atoms with Crippen LogP contribution in [0.3, 0.4) is 0 Å². The van der Waals surface area contributed by atoms with Gasteiger partial charge in [-0.05, 0) is 0 Å². The molecule has 0 radical (unpaired) electrons. The lowest BCUT2D eigenvalue weighted by molar-refractivity contribution is -0.0122. The molecule has 1 saturated heterocycles. The van der Waals surface area contributed by atoms with E-state index in [1.54, 1.807) is 0 Å². The number of ether oxygens (including phenoxy) is 6. The van der Waals surface area contributed by atoms with Crippen molar-refractivity contribution in [3.63, 3.8) is 0 Å². The van der Waals surface area contributed by atoms with Gasteiger partial charge in [-0.2, -0.15) is 0 Å². The van der Waals surface area contributed by atoms with Gasteiger partial charge < -0.3 is 28.4 Å². The molecule has 1 heterocycles. The molecule has 0 aromatic carbocycles. The maximum absolute atomic E-state index is 5.51. The van der Waals surface area contributed by atoms with Gasteiger partial charge in [0.25, 0.3) is 0 Å². The Balaban J connectivity index is 2.09. The van der Waals surface area contributed by atoms with Gasteiger partial charge in [0.05, 0.1) is 79.3 Å². The summed E-state index contributed by atoms with van der Waals surface area (Å²) in [7, 11) is 0. The summed E-state index contributed by atoms with van der Waals surface area (Å²) in [5.41, 5.74) is 0. The lowest BCUT2D eigenvalue weighted by atomic mass is 10.2. The summed E-state index contributed by atoms with van der Waals surface area (Å²) in [6.07, 6.45) is 0. The van der Waals surface area contributed by atoms with Crippen LogP contribution < -0.4 is 0 Å². The Morgan fingerprint density at radius 3 is 1.00 bits per heavy atom. The molecule has 1 aliphatic heterocycles. The highest BCUT2D eigenvalue weighted by atomic mass is 16.6. The van der Waals surface area contributed by atoms with Crippen molar-refractivity contribution >= 4 is 0 Å². The van der Waals surface area contributed by atoms with E-state index in [-0.39, 0.29) is 0 Å². The molecule has 120 valence electrons. The quantitative estimate of drug-likeness (QED) is 0.656. The fraction of sp³-hybridized carbons (Fsp3) is 1.00. The fourth-order valence-corrected chi connectivity index (χ4v) is 1.61. The Labute approximate surface area is 121 Å². The van der Waals surface area contributed by atoms with Gasteiger partial charge in [0.15, 0.2) is 0 Å². The highest BCUT2D eigenvalue weighted by Crippen LogP contribution is 1.97. The van der Waals surface area contributed by atoms with Crippen LogP contribution in [0.2, 0.25) is 0 Å². The first-order chi connectivity index (χ1) is 9.89. The Morgan fingerprint density at radius 2 is 0.700 bits per heavy atom. The summed E-state index contributed by atoms with van der Waals surface area (Å²) in [6.45, 7) is 9.41. The molecule has 0 aliphatic carbocycles. The third-order valence-corrected chi connectivity index (χ3v) is 2.66. The second kappa shape index (κ2) is 13.7. The van der Waals surface area contributed by atoms with Crippen molar-refractivity contribution in [3.05, 3.63) is 0 Å². The molecule has 0 saturated carbocycles. The molecule has 0 spiro atoms. The van der Waals surface area contributed by atoms with Crippen LogP contribution in [-0.4, -0.2) is 79.3 Å². The van der Waals surface area contributed by atoms with Crippen LogP contribution in [0.1, 0.15) is 6.92 Å². The van der Waals surface area contributed by atoms with Gasteiger partial charge in [-0.25, -0.2) is 0 Å². The van der Waals surface area contributed by atoms with Crippen LogP contribution in [0.4, 0.5) is 0 Å². The molecule has 0 unspecified atom stereocenters. The Bertz CT molecular complexity index is 182. The van der Waals surface area contributed by atoms with Gasteiger partial charge in [-0.1, -0.05) is 6.92 Å². The van der Waals surface area contributed by atoms with E-state index in [1.165, 1.54) is 0 Å². The fourth-order valence-electron chi connectivity index (χ4n) is 1.61. The molecule has 0 bridgehead atoms. The maximum atomic E-state index is 5.51. The number of hydrogen-bond donors (Lipinski definition) is 0. The Morgan fingerprint density at radius 1 is 0.450 bits per heavy atom. The third kappa shape index (κ3) is 11.6. The van der Waals surface area contributed by atoms with E-state index in [0.717, 1.165) is 0 Å². The first kappa shape index (κ1) is 17.8. The molecular formula is C14H28O6. The monoisotopic (exact) mass is 292 g/mol. The van der Waals surface area contributed by atoms with Gasteiger partial charge >= 0.3 is 0 Å². The summed E-state index contributed by atoms with van der Waals surface area (Å²) in [5, 5.41) is 0. The molecule has 6 heteroatoms. The average molecular weight is 292 g/mol. The molecule has 1 fully saturated rings. The van der Waals surface area contributed by atoms with Crippen LogP contribution in [0, 0.1) is 5.92 Å². The summed E-state index contributed by atoms with van der Waals surface area (Å²) in [5.74, 6) is 0.378. The average Bonchev–Trinajstić information content (AvgIpc) is 2.45. The van der Waals surface area contributed by atoms with Crippen LogP contribution >= 0.6 is 0 Å². The number of rotatable bonds is 0. The molecule has 1 rings (SSSR count). The van der Waals surface area contributed by atoms with Crippen LogP contribution in [0.25, 0.3) is 0 Å². The molecule has 0 atom stereocenters. The smallest absolute Gasteiger partial charge is 0.0701 e. The minimum atomic E-state index is 0.378. The van der Waals surface area contributed by atoms with E-state index in [0.29, 0.717) is 85.2 Å². The summed E-state index contributed by atoms with van der Waals surface area (Å²) in [6, 6.07) is 0. The van der Waals surface area contributed by atoms with Gasteiger partial charge in [-0.15, -0.1) is 0 Å².